The van der Waals surface area contributed by atoms with E-state index in [0.29, 0.717) is 17.1 Å². The lowest BCUT2D eigenvalue weighted by Gasteiger charge is -2.23. The van der Waals surface area contributed by atoms with Crippen LogP contribution in [0.15, 0.2) is 0 Å². The zero-order valence-corrected chi connectivity index (χ0v) is 10.9. The summed E-state index contributed by atoms with van der Waals surface area (Å²) in [6, 6.07) is 0. The molecule has 0 aliphatic carbocycles. The van der Waals surface area contributed by atoms with Crippen molar-refractivity contribution in [3.8, 4) is 0 Å². The molecule has 92 valence electrons. The highest BCUT2D eigenvalue weighted by Gasteiger charge is 2.30. The molecule has 0 aromatic carbocycles. The Labute approximate surface area is 102 Å². The zero-order chi connectivity index (χ0) is 11.4. The van der Waals surface area contributed by atoms with Crippen LogP contribution in [0.2, 0.25) is 0 Å². The maximum atomic E-state index is 11.7. The Kier molecular flexibility index (Phi) is 4.14. The predicted octanol–water partition coefficient (Wildman–Crippen LogP) is 1.39. The predicted molar refractivity (Wildman–Crippen MR) is 68.7 cm³/mol. The fourth-order valence-corrected chi connectivity index (χ4v) is 3.73. The van der Waals surface area contributed by atoms with Gasteiger partial charge in [0, 0.05) is 17.7 Å². The number of hydrogen-bond donors (Lipinski definition) is 2. The molecule has 0 radical (unpaired) electrons. The van der Waals surface area contributed by atoms with E-state index in [9.17, 15) is 4.79 Å². The number of hydrogen-bond acceptors (Lipinski definition) is 3. The molecule has 2 atom stereocenters. The minimum Gasteiger partial charge on any atom is -0.355 e. The van der Waals surface area contributed by atoms with E-state index in [-0.39, 0.29) is 5.91 Å². The fraction of sp³-hybridized carbons (Fsp3) is 0.917. The summed E-state index contributed by atoms with van der Waals surface area (Å²) >= 11 is 2.00. The third-order valence-electron chi connectivity index (χ3n) is 3.60. The van der Waals surface area contributed by atoms with E-state index in [1.807, 2.05) is 11.8 Å². The topological polar surface area (TPSA) is 41.1 Å². The van der Waals surface area contributed by atoms with Gasteiger partial charge in [-0.05, 0) is 50.9 Å². The quantitative estimate of drug-likeness (QED) is 0.783. The molecule has 2 unspecified atom stereocenters. The molecule has 2 fully saturated rings. The molecule has 2 N–H and O–H groups in total. The van der Waals surface area contributed by atoms with Crippen molar-refractivity contribution >= 4 is 17.7 Å². The lowest BCUT2D eigenvalue weighted by molar-refractivity contribution is -0.122. The maximum Gasteiger partial charge on any atom is 0.220 e. The van der Waals surface area contributed by atoms with E-state index in [4.69, 9.17) is 0 Å². The number of rotatable bonds is 4. The van der Waals surface area contributed by atoms with Crippen LogP contribution in [-0.4, -0.2) is 36.0 Å². The molecule has 2 heterocycles. The highest BCUT2D eigenvalue weighted by molar-refractivity contribution is 8.00. The van der Waals surface area contributed by atoms with Crippen molar-refractivity contribution in [2.45, 2.75) is 37.4 Å². The fourth-order valence-electron chi connectivity index (χ4n) is 2.48. The molecule has 2 aliphatic rings. The molecule has 2 saturated heterocycles. The number of carbonyl (C=O) groups excluding carboxylic acids is 1. The Morgan fingerprint density at radius 3 is 3.12 bits per heavy atom. The molecular weight excluding hydrogens is 220 g/mol. The zero-order valence-electron chi connectivity index (χ0n) is 10.1. The molecule has 2 aliphatic heterocycles. The van der Waals surface area contributed by atoms with Gasteiger partial charge in [-0.1, -0.05) is 0 Å². The second-order valence-electron chi connectivity index (χ2n) is 5.24. The van der Waals surface area contributed by atoms with Gasteiger partial charge in [0.1, 0.15) is 0 Å². The Hall–Kier alpha value is -0.220. The maximum absolute atomic E-state index is 11.7. The standard InChI is InChI=1S/C12H22N2OS/c1-12(4-2-6-16-12)9-14-11(15)7-10-3-5-13-8-10/h10,13H,2-9H2,1H3,(H,14,15). The SMILES string of the molecule is CC1(CNC(=O)CC2CCNC2)CCCS1. The number of carbonyl (C=O) groups is 1. The first-order valence-corrected chi connectivity index (χ1v) is 7.28. The first kappa shape index (κ1) is 12.2. The van der Waals surface area contributed by atoms with Gasteiger partial charge in [0.05, 0.1) is 0 Å². The second-order valence-corrected chi connectivity index (χ2v) is 6.92. The molecule has 0 saturated carbocycles. The van der Waals surface area contributed by atoms with Crippen LogP contribution in [0.5, 0.6) is 0 Å². The van der Waals surface area contributed by atoms with E-state index in [0.717, 1.165) is 26.1 Å². The van der Waals surface area contributed by atoms with Crippen molar-refractivity contribution in [3.05, 3.63) is 0 Å². The van der Waals surface area contributed by atoms with E-state index in [1.165, 1.54) is 18.6 Å². The van der Waals surface area contributed by atoms with Crippen LogP contribution in [0, 0.1) is 5.92 Å². The minimum atomic E-state index is 0.238. The van der Waals surface area contributed by atoms with E-state index >= 15 is 0 Å². The molecular formula is C12H22N2OS. The molecule has 0 aromatic rings. The average molecular weight is 242 g/mol. The molecule has 0 bridgehead atoms. The highest BCUT2D eigenvalue weighted by Crippen LogP contribution is 2.36. The first-order valence-electron chi connectivity index (χ1n) is 6.29. The Balaban J connectivity index is 1.66. The van der Waals surface area contributed by atoms with Gasteiger partial charge in [-0.25, -0.2) is 0 Å². The molecule has 2 rings (SSSR count). The van der Waals surface area contributed by atoms with Crippen molar-refractivity contribution in [1.82, 2.24) is 10.6 Å². The van der Waals surface area contributed by atoms with Gasteiger partial charge in [-0.2, -0.15) is 11.8 Å². The van der Waals surface area contributed by atoms with Crippen LogP contribution < -0.4 is 10.6 Å². The van der Waals surface area contributed by atoms with Gasteiger partial charge in [-0.15, -0.1) is 0 Å². The van der Waals surface area contributed by atoms with Gasteiger partial charge in [0.2, 0.25) is 5.91 Å². The molecule has 1 amide bonds. The molecule has 3 nitrogen and oxygen atoms in total. The smallest absolute Gasteiger partial charge is 0.220 e. The summed E-state index contributed by atoms with van der Waals surface area (Å²) in [5, 5.41) is 6.40. The van der Waals surface area contributed by atoms with Crippen molar-refractivity contribution in [2.24, 2.45) is 5.92 Å². The van der Waals surface area contributed by atoms with Crippen LogP contribution in [0.1, 0.15) is 32.6 Å². The molecule has 16 heavy (non-hydrogen) atoms. The lowest BCUT2D eigenvalue weighted by Crippen LogP contribution is -2.37. The molecule has 0 aromatic heterocycles. The van der Waals surface area contributed by atoms with Gasteiger partial charge < -0.3 is 10.6 Å². The van der Waals surface area contributed by atoms with Gasteiger partial charge in [0.25, 0.3) is 0 Å². The van der Waals surface area contributed by atoms with Crippen LogP contribution in [0.25, 0.3) is 0 Å². The Morgan fingerprint density at radius 2 is 2.50 bits per heavy atom. The normalized spacial score (nSPS) is 34.2. The van der Waals surface area contributed by atoms with Gasteiger partial charge >= 0.3 is 0 Å². The summed E-state index contributed by atoms with van der Waals surface area (Å²) < 4.78 is 0.295. The van der Waals surface area contributed by atoms with Crippen molar-refractivity contribution in [3.63, 3.8) is 0 Å². The van der Waals surface area contributed by atoms with Crippen LogP contribution >= 0.6 is 11.8 Å². The second kappa shape index (κ2) is 5.41. The summed E-state index contributed by atoms with van der Waals surface area (Å²) in [4.78, 5) is 11.7. The summed E-state index contributed by atoms with van der Waals surface area (Å²) in [6.45, 7) is 5.20. The Morgan fingerprint density at radius 1 is 1.62 bits per heavy atom. The van der Waals surface area contributed by atoms with Crippen LogP contribution in [0.4, 0.5) is 0 Å². The third-order valence-corrected chi connectivity index (χ3v) is 5.13. The van der Waals surface area contributed by atoms with E-state index < -0.39 is 0 Å². The minimum absolute atomic E-state index is 0.238. The summed E-state index contributed by atoms with van der Waals surface area (Å²) in [6.07, 6.45) is 4.39. The Bertz CT molecular complexity index is 245. The number of thioether (sulfide) groups is 1. The van der Waals surface area contributed by atoms with Crippen molar-refractivity contribution in [1.29, 1.82) is 0 Å². The molecule has 4 heteroatoms. The largest absolute Gasteiger partial charge is 0.355 e. The summed E-state index contributed by atoms with van der Waals surface area (Å²) in [7, 11) is 0. The summed E-state index contributed by atoms with van der Waals surface area (Å²) in [5.41, 5.74) is 0. The van der Waals surface area contributed by atoms with Gasteiger partial charge in [-0.3, -0.25) is 4.79 Å². The van der Waals surface area contributed by atoms with Crippen molar-refractivity contribution < 1.29 is 4.79 Å². The van der Waals surface area contributed by atoms with Gasteiger partial charge in [0.15, 0.2) is 0 Å². The molecule has 0 spiro atoms. The third kappa shape index (κ3) is 3.39. The monoisotopic (exact) mass is 242 g/mol. The van der Waals surface area contributed by atoms with Crippen molar-refractivity contribution in [2.75, 3.05) is 25.4 Å². The first-order chi connectivity index (χ1) is 7.68. The van der Waals surface area contributed by atoms with Crippen LogP contribution in [0.3, 0.4) is 0 Å². The lowest BCUT2D eigenvalue weighted by atomic mass is 10.0. The summed E-state index contributed by atoms with van der Waals surface area (Å²) in [5.74, 6) is 2.05. The average Bonchev–Trinajstić information content (AvgIpc) is 2.88. The van der Waals surface area contributed by atoms with Crippen LogP contribution in [-0.2, 0) is 4.79 Å². The number of nitrogens with one attached hydrogen (secondary N) is 2. The van der Waals surface area contributed by atoms with E-state index in [1.54, 1.807) is 0 Å². The van der Waals surface area contributed by atoms with E-state index in [2.05, 4.69) is 17.6 Å². The number of amides is 1. The highest BCUT2D eigenvalue weighted by atomic mass is 32.2.